The van der Waals surface area contributed by atoms with Crippen LogP contribution in [0.3, 0.4) is 0 Å². The van der Waals surface area contributed by atoms with Gasteiger partial charge >= 0.3 is 5.97 Å². The molecule has 7 rings (SSSR count). The first-order valence-electron chi connectivity index (χ1n) is 16.5. The second kappa shape index (κ2) is 18.3. The van der Waals surface area contributed by atoms with E-state index in [1.54, 1.807) is 12.1 Å². The van der Waals surface area contributed by atoms with E-state index in [1.165, 1.54) is 23.4 Å². The van der Waals surface area contributed by atoms with Crippen LogP contribution in [0, 0.1) is 0 Å². The number of ether oxygens (including phenoxy) is 2. The molecule has 2 aromatic heterocycles. The number of benzene rings is 3. The molecule has 2 atom stereocenters. The number of nitrogen functional groups attached to an aromatic ring is 1. The number of carbonyl (C=O) groups is 2. The summed E-state index contributed by atoms with van der Waals surface area (Å²) in [7, 11) is 0. The number of rotatable bonds is 9. The number of fused-ring (bicyclic) bond motifs is 1. The minimum atomic E-state index is -1.01. The largest absolute Gasteiger partial charge is 0.477 e. The molecule has 0 spiro atoms. The highest BCUT2D eigenvalue weighted by Gasteiger charge is 2.17. The summed E-state index contributed by atoms with van der Waals surface area (Å²) in [5.41, 5.74) is 21.8. The Hall–Kier alpha value is -6.02. The van der Waals surface area contributed by atoms with Crippen LogP contribution in [0.5, 0.6) is 0 Å². The highest BCUT2D eigenvalue weighted by Crippen LogP contribution is 2.17. The molecule has 0 aliphatic carbocycles. The normalized spacial score (nSPS) is 15.8. The summed E-state index contributed by atoms with van der Waals surface area (Å²) in [6.07, 6.45) is 5.15. The number of pyridine rings is 2. The van der Waals surface area contributed by atoms with Crippen LogP contribution in [0.1, 0.15) is 44.9 Å². The van der Waals surface area contributed by atoms with E-state index in [2.05, 4.69) is 41.2 Å². The number of hydrogen-bond acceptors (Lipinski definition) is 11. The number of amides is 1. The number of para-hydroxylation sites is 1. The molecule has 4 heterocycles. The Labute approximate surface area is 309 Å². The number of hydrogen-bond donors (Lipinski definition) is 5. The first-order valence-corrected chi connectivity index (χ1v) is 17.3. The van der Waals surface area contributed by atoms with Crippen molar-refractivity contribution in [3.8, 4) is 0 Å². The lowest BCUT2D eigenvalue weighted by molar-refractivity contribution is 0.0690. The third kappa shape index (κ3) is 11.5. The Bertz CT molecular complexity index is 2020. The number of carboxylic acid groups (broad SMARTS) is 1. The minimum Gasteiger partial charge on any atom is -0.477 e. The van der Waals surface area contributed by atoms with Crippen molar-refractivity contribution in [2.24, 2.45) is 21.5 Å². The van der Waals surface area contributed by atoms with Crippen molar-refractivity contribution in [1.29, 1.82) is 0 Å². The fraction of sp³-hybridized carbons (Fsp3) is 0.211. The van der Waals surface area contributed by atoms with Gasteiger partial charge in [-0.2, -0.15) is 0 Å². The van der Waals surface area contributed by atoms with E-state index in [-0.39, 0.29) is 29.7 Å². The maximum Gasteiger partial charge on any atom is 0.354 e. The van der Waals surface area contributed by atoms with Gasteiger partial charge in [0.1, 0.15) is 24.6 Å². The van der Waals surface area contributed by atoms with E-state index in [0.29, 0.717) is 24.9 Å². The van der Waals surface area contributed by atoms with Crippen molar-refractivity contribution in [3.63, 3.8) is 0 Å². The number of aromatic nitrogens is 2. The molecule has 3 aromatic carbocycles. The quantitative estimate of drug-likeness (QED) is 0.117. The molecule has 0 saturated carbocycles. The van der Waals surface area contributed by atoms with Crippen LogP contribution in [0.15, 0.2) is 118 Å². The van der Waals surface area contributed by atoms with E-state index in [1.807, 2.05) is 78.9 Å². The van der Waals surface area contributed by atoms with Crippen LogP contribution in [-0.4, -0.2) is 64.3 Å². The number of amidine groups is 2. The average molecular weight is 768 g/mol. The molecule has 52 heavy (non-hydrogen) atoms. The number of halogens is 1. The summed E-state index contributed by atoms with van der Waals surface area (Å²) in [6.45, 7) is 1.17. The van der Waals surface area contributed by atoms with E-state index in [9.17, 15) is 9.59 Å². The fourth-order valence-corrected chi connectivity index (χ4v) is 5.40. The molecule has 0 radical (unpaired) electrons. The Morgan fingerprint density at radius 1 is 0.750 bits per heavy atom. The predicted molar refractivity (Wildman–Crippen MR) is 205 cm³/mol. The average Bonchev–Trinajstić information content (AvgIpc) is 3.78. The van der Waals surface area contributed by atoms with Crippen molar-refractivity contribution in [2.45, 2.75) is 37.8 Å². The molecular weight excluding hydrogens is 728 g/mol. The van der Waals surface area contributed by atoms with Gasteiger partial charge in [-0.25, -0.2) is 24.7 Å². The van der Waals surface area contributed by atoms with Gasteiger partial charge < -0.3 is 37.1 Å². The number of anilines is 2. The summed E-state index contributed by atoms with van der Waals surface area (Å²) in [6, 6.07) is 31.1. The van der Waals surface area contributed by atoms with E-state index < -0.39 is 5.97 Å². The minimum absolute atomic E-state index is 0.0585. The summed E-state index contributed by atoms with van der Waals surface area (Å²) in [5, 5.41) is 12.3. The lowest BCUT2D eigenvalue weighted by Gasteiger charge is -2.08. The number of nitrogens with one attached hydrogen (secondary N) is 1. The molecule has 0 saturated heterocycles. The second-order valence-electron chi connectivity index (χ2n) is 11.9. The van der Waals surface area contributed by atoms with Crippen LogP contribution < -0.4 is 22.5 Å². The molecule has 1 amide bonds. The van der Waals surface area contributed by atoms with Crippen LogP contribution >= 0.6 is 15.9 Å². The molecule has 8 N–H and O–H groups in total. The smallest absolute Gasteiger partial charge is 0.354 e. The van der Waals surface area contributed by atoms with Gasteiger partial charge in [-0.3, -0.25) is 4.79 Å². The second-order valence-corrected chi connectivity index (χ2v) is 12.8. The summed E-state index contributed by atoms with van der Waals surface area (Å²) in [4.78, 5) is 39.1. The van der Waals surface area contributed by atoms with Gasteiger partial charge in [-0.05, 0) is 101 Å². The van der Waals surface area contributed by atoms with Gasteiger partial charge in [-0.1, -0.05) is 48.5 Å². The van der Waals surface area contributed by atoms with Crippen LogP contribution in [0.25, 0.3) is 10.9 Å². The molecule has 2 aliphatic rings. The third-order valence-electron chi connectivity index (χ3n) is 7.97. The van der Waals surface area contributed by atoms with Crippen molar-refractivity contribution in [1.82, 2.24) is 9.97 Å². The van der Waals surface area contributed by atoms with E-state index in [4.69, 9.17) is 31.8 Å². The van der Waals surface area contributed by atoms with Gasteiger partial charge in [0.25, 0.3) is 18.0 Å². The number of aliphatic imine (C=N–C) groups is 2. The van der Waals surface area contributed by atoms with Crippen LogP contribution in [0.4, 0.5) is 11.4 Å². The van der Waals surface area contributed by atoms with Crippen LogP contribution in [-0.2, 0) is 22.3 Å². The summed E-state index contributed by atoms with van der Waals surface area (Å²) >= 11 is 3.14. The lowest BCUT2D eigenvalue weighted by atomic mass is 10.1. The Balaban J connectivity index is 0.000000175. The topological polar surface area (TPSA) is 213 Å². The van der Waals surface area contributed by atoms with Crippen molar-refractivity contribution in [2.75, 3.05) is 24.3 Å². The first-order chi connectivity index (χ1) is 25.1. The van der Waals surface area contributed by atoms with Crippen molar-refractivity contribution in [3.05, 3.63) is 130 Å². The van der Waals surface area contributed by atoms with E-state index >= 15 is 0 Å². The van der Waals surface area contributed by atoms with Gasteiger partial charge in [-0.15, -0.1) is 0 Å². The molecule has 0 unspecified atom stereocenters. The maximum atomic E-state index is 12.5. The number of carboxylic acids is 1. The molecule has 0 bridgehead atoms. The van der Waals surface area contributed by atoms with E-state index in [0.717, 1.165) is 52.4 Å². The standard InChI is InChI=1S/C21H20N4O2.C11H15N3O.C6H4BrNO2/c22-21-24-17(13-27-21)11-7-14-5-9-16(10-6-14)23-20(26)19-12-8-15-3-1-2-4-18(15)25-19;12-9-4-1-8(2-5-9)3-6-10-7-15-11(13)14-10;7-4-1-2-5(6(9)10)8-3-4/h1-6,8-10,12,17H,7,11,13H2,(H2,22,24)(H,23,26);1-2,4-5,10H,3,6-7,12H2,(H2,13,14);1-3H,(H,9,10)/t17-;10-;/m00./s1. The molecular formula is C38H39BrN8O5. The van der Waals surface area contributed by atoms with Crippen molar-refractivity contribution < 1.29 is 24.2 Å². The van der Waals surface area contributed by atoms with Crippen LogP contribution in [0.2, 0.25) is 0 Å². The number of aryl methyl sites for hydroxylation is 2. The SMILES string of the molecule is NC1=N[C@@H](CCc2ccc(N)cc2)CO1.NC1=N[C@@H](CCc2ccc(NC(=O)c3ccc4ccccc4n3)cc2)CO1.O=C(O)c1ccc(Br)cn1. The number of carbonyl (C=O) groups excluding carboxylic acids is 1. The zero-order chi connectivity index (χ0) is 36.9. The Morgan fingerprint density at radius 3 is 1.87 bits per heavy atom. The number of nitrogens with two attached hydrogens (primary N) is 3. The molecule has 5 aromatic rings. The van der Waals surface area contributed by atoms with Crippen molar-refractivity contribution >= 4 is 62.1 Å². The number of aromatic carboxylic acids is 1. The highest BCUT2D eigenvalue weighted by atomic mass is 79.9. The molecule has 0 fully saturated rings. The lowest BCUT2D eigenvalue weighted by Crippen LogP contribution is -2.13. The molecule has 2 aliphatic heterocycles. The first kappa shape index (κ1) is 37.2. The highest BCUT2D eigenvalue weighted by molar-refractivity contribution is 9.10. The van der Waals surface area contributed by atoms with Gasteiger partial charge in [0.2, 0.25) is 0 Å². The van der Waals surface area contributed by atoms with Gasteiger partial charge in [0.05, 0.1) is 17.6 Å². The zero-order valence-electron chi connectivity index (χ0n) is 28.2. The summed E-state index contributed by atoms with van der Waals surface area (Å²) < 4.78 is 11.0. The van der Waals surface area contributed by atoms with Gasteiger partial charge in [0, 0.05) is 27.4 Å². The maximum absolute atomic E-state index is 12.5. The number of nitrogens with zero attached hydrogens (tertiary/aromatic N) is 4. The molecule has 14 heteroatoms. The summed E-state index contributed by atoms with van der Waals surface area (Å²) in [5.74, 6) is -1.23. The monoisotopic (exact) mass is 766 g/mol. The predicted octanol–water partition coefficient (Wildman–Crippen LogP) is 5.59. The Kier molecular flexibility index (Phi) is 13.1. The molecule has 268 valence electrons. The molecule has 13 nitrogen and oxygen atoms in total. The Morgan fingerprint density at radius 2 is 1.33 bits per heavy atom. The zero-order valence-corrected chi connectivity index (χ0v) is 29.8. The third-order valence-corrected chi connectivity index (χ3v) is 8.44. The van der Waals surface area contributed by atoms with Gasteiger partial charge in [0.15, 0.2) is 0 Å². The fourth-order valence-electron chi connectivity index (χ4n) is 5.16.